The summed E-state index contributed by atoms with van der Waals surface area (Å²) >= 11 is 12.0. The van der Waals surface area contributed by atoms with Gasteiger partial charge in [0.1, 0.15) is 6.54 Å². The lowest BCUT2D eigenvalue weighted by Gasteiger charge is -2.30. The first-order chi connectivity index (χ1) is 15.3. The molecule has 1 aliphatic heterocycles. The molecule has 0 unspecified atom stereocenters. The first-order valence-electron chi connectivity index (χ1n) is 10.2. The molecule has 2 aliphatic rings. The van der Waals surface area contributed by atoms with Crippen LogP contribution in [0.4, 0.5) is 0 Å². The maximum absolute atomic E-state index is 13.4. The number of aryl methyl sites for hydroxylation is 1. The lowest BCUT2D eigenvalue weighted by Crippen LogP contribution is -2.52. The largest absolute Gasteiger partial charge is 0.292 e. The van der Waals surface area contributed by atoms with E-state index >= 15 is 0 Å². The molecule has 3 amide bonds. The fraction of sp³-hybridized carbons (Fsp3) is 0.250. The van der Waals surface area contributed by atoms with Crippen molar-refractivity contribution in [1.29, 1.82) is 0 Å². The highest BCUT2D eigenvalue weighted by Gasteiger charge is 2.51. The van der Waals surface area contributed by atoms with Crippen molar-refractivity contribution in [2.24, 2.45) is 11.8 Å². The van der Waals surface area contributed by atoms with Crippen LogP contribution in [0, 0.1) is 18.8 Å². The number of allylic oxidation sites excluding steroid dienone is 2. The lowest BCUT2D eigenvalue weighted by atomic mass is 9.85. The molecule has 0 N–H and O–H groups in total. The quantitative estimate of drug-likeness (QED) is 0.366. The summed E-state index contributed by atoms with van der Waals surface area (Å²) in [6.07, 6.45) is 4.57. The fourth-order valence-electron chi connectivity index (χ4n) is 4.00. The van der Waals surface area contributed by atoms with Crippen molar-refractivity contribution in [3.05, 3.63) is 81.4 Å². The van der Waals surface area contributed by atoms with E-state index in [0.29, 0.717) is 18.4 Å². The van der Waals surface area contributed by atoms with Crippen molar-refractivity contribution in [1.82, 2.24) is 10.0 Å². The van der Waals surface area contributed by atoms with E-state index in [2.05, 4.69) is 0 Å². The van der Waals surface area contributed by atoms with Gasteiger partial charge in [-0.2, -0.15) is 5.01 Å². The van der Waals surface area contributed by atoms with Gasteiger partial charge in [-0.15, -0.1) is 0 Å². The van der Waals surface area contributed by atoms with Gasteiger partial charge in [-0.3, -0.25) is 19.2 Å². The number of amides is 3. The van der Waals surface area contributed by atoms with Crippen molar-refractivity contribution in [2.75, 3.05) is 6.54 Å². The SMILES string of the molecule is Cc1ccc(C(=O)CN(C(=O)c2ccc(Cl)c(Cl)c2)N2C(=O)[C@H]3CC=CC[C@@H]3C2=O)cc1. The summed E-state index contributed by atoms with van der Waals surface area (Å²) in [4.78, 5) is 52.7. The predicted molar refractivity (Wildman–Crippen MR) is 120 cm³/mol. The lowest BCUT2D eigenvalue weighted by molar-refractivity contribution is -0.154. The van der Waals surface area contributed by atoms with E-state index in [1.807, 2.05) is 19.1 Å². The van der Waals surface area contributed by atoms with Gasteiger partial charge >= 0.3 is 0 Å². The predicted octanol–water partition coefficient (Wildman–Crippen LogP) is 4.49. The molecular formula is C24H20Cl2N2O4. The molecule has 32 heavy (non-hydrogen) atoms. The van der Waals surface area contributed by atoms with Crippen molar-refractivity contribution in [2.45, 2.75) is 19.8 Å². The molecule has 164 valence electrons. The van der Waals surface area contributed by atoms with Crippen LogP contribution in [0.2, 0.25) is 10.0 Å². The number of nitrogens with zero attached hydrogens (tertiary/aromatic N) is 2. The summed E-state index contributed by atoms with van der Waals surface area (Å²) in [5.41, 5.74) is 1.47. The van der Waals surface area contributed by atoms with E-state index in [1.165, 1.54) is 18.2 Å². The Bertz CT molecular complexity index is 1120. The Labute approximate surface area is 195 Å². The van der Waals surface area contributed by atoms with E-state index in [-0.39, 0.29) is 15.6 Å². The first kappa shape index (κ1) is 22.2. The van der Waals surface area contributed by atoms with Gasteiger partial charge in [-0.25, -0.2) is 5.01 Å². The third-order valence-electron chi connectivity index (χ3n) is 5.79. The Morgan fingerprint density at radius 1 is 0.906 bits per heavy atom. The highest BCUT2D eigenvalue weighted by Crippen LogP contribution is 2.36. The van der Waals surface area contributed by atoms with Gasteiger partial charge in [0.2, 0.25) is 0 Å². The highest BCUT2D eigenvalue weighted by molar-refractivity contribution is 6.42. The van der Waals surface area contributed by atoms with Crippen LogP contribution >= 0.6 is 23.2 Å². The zero-order chi connectivity index (χ0) is 23.0. The van der Waals surface area contributed by atoms with Gasteiger partial charge in [0.05, 0.1) is 21.9 Å². The second-order valence-electron chi connectivity index (χ2n) is 7.92. The van der Waals surface area contributed by atoms with Crippen LogP contribution in [0.3, 0.4) is 0 Å². The molecular weight excluding hydrogens is 451 g/mol. The highest BCUT2D eigenvalue weighted by atomic mass is 35.5. The Balaban J connectivity index is 1.70. The standard InChI is InChI=1S/C24H20Cl2N2O4/c1-14-6-8-15(9-7-14)21(29)13-27(22(30)16-10-11-19(25)20(26)12-16)28-23(31)17-4-2-3-5-18(17)24(28)32/h2-3,6-12,17-18H,4-5,13H2,1H3/t17-,18-/m0/s1. The molecule has 0 spiro atoms. The van der Waals surface area contributed by atoms with Gasteiger partial charge in [0, 0.05) is 11.1 Å². The van der Waals surface area contributed by atoms with Crippen LogP contribution in [0.25, 0.3) is 0 Å². The zero-order valence-electron chi connectivity index (χ0n) is 17.3. The molecule has 0 radical (unpaired) electrons. The second-order valence-corrected chi connectivity index (χ2v) is 8.74. The summed E-state index contributed by atoms with van der Waals surface area (Å²) < 4.78 is 0. The molecule has 4 rings (SSSR count). The molecule has 2 aromatic rings. The molecule has 0 saturated carbocycles. The van der Waals surface area contributed by atoms with Crippen molar-refractivity contribution in [3.8, 4) is 0 Å². The zero-order valence-corrected chi connectivity index (χ0v) is 18.8. The minimum atomic E-state index is -0.683. The summed E-state index contributed by atoms with van der Waals surface area (Å²) in [5, 5.41) is 2.19. The average Bonchev–Trinajstić information content (AvgIpc) is 3.04. The van der Waals surface area contributed by atoms with Gasteiger partial charge in [0.25, 0.3) is 17.7 Å². The van der Waals surface area contributed by atoms with Crippen LogP contribution in [-0.4, -0.2) is 40.1 Å². The number of halogens is 2. The number of hydrogen-bond donors (Lipinski definition) is 0. The molecule has 6 nitrogen and oxygen atoms in total. The van der Waals surface area contributed by atoms with Crippen LogP contribution in [-0.2, 0) is 9.59 Å². The second kappa shape index (κ2) is 8.88. The Morgan fingerprint density at radius 3 is 2.03 bits per heavy atom. The number of ketones is 1. The summed E-state index contributed by atoms with van der Waals surface area (Å²) in [7, 11) is 0. The van der Waals surface area contributed by atoms with E-state index < -0.39 is 41.9 Å². The van der Waals surface area contributed by atoms with Gasteiger partial charge in [-0.1, -0.05) is 65.2 Å². The minimum Gasteiger partial charge on any atom is -0.292 e. The number of carbonyl (C=O) groups is 4. The molecule has 1 heterocycles. The van der Waals surface area contributed by atoms with Gasteiger partial charge in [-0.05, 0) is 38.0 Å². The van der Waals surface area contributed by atoms with Gasteiger partial charge < -0.3 is 0 Å². The Morgan fingerprint density at radius 2 is 1.47 bits per heavy atom. The molecule has 0 aromatic heterocycles. The molecule has 0 bridgehead atoms. The molecule has 2 aromatic carbocycles. The third-order valence-corrected chi connectivity index (χ3v) is 6.53. The monoisotopic (exact) mass is 470 g/mol. The molecule has 1 saturated heterocycles. The topological polar surface area (TPSA) is 74.8 Å². The van der Waals surface area contributed by atoms with E-state index in [9.17, 15) is 19.2 Å². The molecule has 2 atom stereocenters. The van der Waals surface area contributed by atoms with Crippen LogP contribution in [0.15, 0.2) is 54.6 Å². The summed E-state index contributed by atoms with van der Waals surface area (Å²) in [5.74, 6) is -3.11. The summed E-state index contributed by atoms with van der Waals surface area (Å²) in [6.45, 7) is 1.43. The Hall–Kier alpha value is -2.96. The number of fused-ring (bicyclic) bond motifs is 1. The molecule has 8 heteroatoms. The molecule has 1 fully saturated rings. The fourth-order valence-corrected chi connectivity index (χ4v) is 4.30. The average molecular weight is 471 g/mol. The maximum atomic E-state index is 13.4. The third kappa shape index (κ3) is 4.08. The van der Waals surface area contributed by atoms with Crippen LogP contribution < -0.4 is 0 Å². The number of imide groups is 1. The molecule has 1 aliphatic carbocycles. The number of rotatable bonds is 5. The number of benzene rings is 2. The minimum absolute atomic E-state index is 0.115. The Kier molecular flexibility index (Phi) is 6.17. The van der Waals surface area contributed by atoms with E-state index in [4.69, 9.17) is 23.2 Å². The maximum Gasteiger partial charge on any atom is 0.273 e. The van der Waals surface area contributed by atoms with Crippen molar-refractivity contribution < 1.29 is 19.2 Å². The number of Topliss-reactive ketones (excluding diaryl/α,β-unsaturated/α-hetero) is 1. The van der Waals surface area contributed by atoms with Crippen molar-refractivity contribution in [3.63, 3.8) is 0 Å². The number of carbonyl (C=O) groups excluding carboxylic acids is 4. The van der Waals surface area contributed by atoms with E-state index in [1.54, 1.807) is 24.3 Å². The first-order valence-corrected chi connectivity index (χ1v) is 10.9. The van der Waals surface area contributed by atoms with Crippen LogP contribution in [0.1, 0.15) is 39.1 Å². The normalized spacial score (nSPS) is 19.8. The van der Waals surface area contributed by atoms with Crippen LogP contribution in [0.5, 0.6) is 0 Å². The number of hydrazine groups is 1. The summed E-state index contributed by atoms with van der Waals surface area (Å²) in [6, 6.07) is 11.1. The number of hydrogen-bond acceptors (Lipinski definition) is 4. The van der Waals surface area contributed by atoms with E-state index in [0.717, 1.165) is 15.6 Å². The van der Waals surface area contributed by atoms with Gasteiger partial charge in [0.15, 0.2) is 5.78 Å². The smallest absolute Gasteiger partial charge is 0.273 e. The van der Waals surface area contributed by atoms with Crippen molar-refractivity contribution >= 4 is 46.7 Å².